The number of nitrogens with zero attached hydrogens (tertiary/aromatic N) is 1. The number of hydrogen-bond acceptors (Lipinski definition) is 2. The topological polar surface area (TPSA) is 69.6 Å². The number of carboxylic acid groups (broad SMARTS) is 1. The van der Waals surface area contributed by atoms with Gasteiger partial charge in [0.2, 0.25) is 0 Å². The summed E-state index contributed by atoms with van der Waals surface area (Å²) in [5.74, 6) is -0.509. The number of fused-ring (bicyclic) bond motifs is 2. The Labute approximate surface area is 113 Å². The van der Waals surface area contributed by atoms with Gasteiger partial charge in [0, 0.05) is 25.0 Å². The molecule has 2 rings (SSSR count). The molecule has 5 heteroatoms. The van der Waals surface area contributed by atoms with E-state index in [9.17, 15) is 9.59 Å². The molecule has 2 fully saturated rings. The van der Waals surface area contributed by atoms with Gasteiger partial charge in [-0.2, -0.15) is 0 Å². The Morgan fingerprint density at radius 1 is 1.32 bits per heavy atom. The molecule has 2 amide bonds. The second-order valence-corrected chi connectivity index (χ2v) is 5.84. The zero-order valence-corrected chi connectivity index (χ0v) is 11.4. The van der Waals surface area contributed by atoms with Crippen LogP contribution in [0, 0.1) is 5.92 Å². The summed E-state index contributed by atoms with van der Waals surface area (Å²) in [4.78, 5) is 24.9. The predicted molar refractivity (Wildman–Crippen MR) is 71.8 cm³/mol. The molecule has 2 N–H and O–H groups in total. The molecule has 0 saturated carbocycles. The van der Waals surface area contributed by atoms with Crippen LogP contribution in [-0.4, -0.2) is 40.6 Å². The average molecular weight is 266 g/mol. The number of amides is 2. The van der Waals surface area contributed by atoms with E-state index in [1.165, 1.54) is 0 Å². The van der Waals surface area contributed by atoms with Gasteiger partial charge in [-0.05, 0) is 38.5 Å². The quantitative estimate of drug-likeness (QED) is 0.764. The first-order valence-corrected chi connectivity index (χ1v) is 6.89. The normalized spacial score (nSPS) is 29.1. The first-order valence-electron chi connectivity index (χ1n) is 6.89. The molecule has 19 heavy (non-hydrogen) atoms. The summed E-state index contributed by atoms with van der Waals surface area (Å²) in [6.07, 6.45) is 3.88. The van der Waals surface area contributed by atoms with Crippen LogP contribution in [0.1, 0.15) is 39.0 Å². The number of carboxylic acids is 1. The van der Waals surface area contributed by atoms with E-state index in [1.54, 1.807) is 0 Å². The molecule has 0 radical (unpaired) electrons. The Morgan fingerprint density at radius 2 is 1.89 bits per heavy atom. The number of nitrogens with one attached hydrogen (secondary N) is 1. The minimum absolute atomic E-state index is 0.0238. The van der Waals surface area contributed by atoms with E-state index >= 15 is 0 Å². The Hall–Kier alpha value is -1.52. The molecule has 2 aliphatic rings. The fourth-order valence-corrected chi connectivity index (χ4v) is 3.35. The fourth-order valence-electron chi connectivity index (χ4n) is 3.35. The van der Waals surface area contributed by atoms with Crippen LogP contribution in [0.15, 0.2) is 12.2 Å². The molecule has 2 aliphatic heterocycles. The van der Waals surface area contributed by atoms with E-state index in [0.29, 0.717) is 6.54 Å². The molecule has 0 spiro atoms. The summed E-state index contributed by atoms with van der Waals surface area (Å²) in [6.45, 7) is 6.16. The van der Waals surface area contributed by atoms with Gasteiger partial charge in [0.1, 0.15) is 0 Å². The largest absolute Gasteiger partial charge is 0.481 e. The summed E-state index contributed by atoms with van der Waals surface area (Å²) in [5, 5.41) is 11.8. The monoisotopic (exact) mass is 266 g/mol. The number of aliphatic carboxylic acids is 1. The highest BCUT2D eigenvalue weighted by atomic mass is 16.4. The molecule has 106 valence electrons. The van der Waals surface area contributed by atoms with Crippen molar-refractivity contribution in [3.8, 4) is 0 Å². The van der Waals surface area contributed by atoms with Crippen LogP contribution < -0.4 is 5.32 Å². The molecule has 0 aromatic carbocycles. The maximum atomic E-state index is 12.1. The van der Waals surface area contributed by atoms with Crippen molar-refractivity contribution in [1.82, 2.24) is 10.2 Å². The Balaban J connectivity index is 1.93. The van der Waals surface area contributed by atoms with Gasteiger partial charge >= 0.3 is 12.0 Å². The molecule has 2 atom stereocenters. The third kappa shape index (κ3) is 3.28. The van der Waals surface area contributed by atoms with Gasteiger partial charge < -0.3 is 15.3 Å². The number of piperidine rings is 1. The zero-order valence-electron chi connectivity index (χ0n) is 11.4. The maximum Gasteiger partial charge on any atom is 0.318 e. The van der Waals surface area contributed by atoms with E-state index in [-0.39, 0.29) is 30.5 Å². The van der Waals surface area contributed by atoms with Crippen molar-refractivity contribution in [2.75, 3.05) is 6.54 Å². The number of carbonyl (C=O) groups is 2. The Bertz CT molecular complexity index is 380. The van der Waals surface area contributed by atoms with Gasteiger partial charge in [0.05, 0.1) is 0 Å². The summed E-state index contributed by atoms with van der Waals surface area (Å²) in [5.41, 5.74) is 0.932. The van der Waals surface area contributed by atoms with Crippen molar-refractivity contribution in [2.24, 2.45) is 5.92 Å². The molecule has 5 nitrogen and oxygen atoms in total. The molecule has 2 bridgehead atoms. The zero-order chi connectivity index (χ0) is 14.0. The second kappa shape index (κ2) is 5.63. The highest BCUT2D eigenvalue weighted by Gasteiger charge is 2.43. The van der Waals surface area contributed by atoms with Gasteiger partial charge in [0.15, 0.2) is 0 Å². The van der Waals surface area contributed by atoms with Crippen LogP contribution in [0.5, 0.6) is 0 Å². The molecule has 2 unspecified atom stereocenters. The lowest BCUT2D eigenvalue weighted by atomic mass is 9.88. The lowest BCUT2D eigenvalue weighted by molar-refractivity contribution is -0.138. The van der Waals surface area contributed by atoms with Crippen LogP contribution in [0.4, 0.5) is 4.79 Å². The number of hydrogen-bond donors (Lipinski definition) is 2. The highest BCUT2D eigenvalue weighted by molar-refractivity contribution is 5.76. The Morgan fingerprint density at radius 3 is 2.37 bits per heavy atom. The van der Waals surface area contributed by atoms with Gasteiger partial charge in [0.25, 0.3) is 0 Å². The first kappa shape index (κ1) is 13.9. The molecule has 0 aliphatic carbocycles. The van der Waals surface area contributed by atoms with Crippen LogP contribution >= 0.6 is 0 Å². The molecule has 2 saturated heterocycles. The Kier molecular flexibility index (Phi) is 4.12. The fraction of sp³-hybridized carbons (Fsp3) is 0.714. The summed E-state index contributed by atoms with van der Waals surface area (Å²) in [7, 11) is 0. The lowest BCUT2D eigenvalue weighted by Crippen LogP contribution is -2.51. The van der Waals surface area contributed by atoms with E-state index in [0.717, 1.165) is 31.3 Å². The summed E-state index contributed by atoms with van der Waals surface area (Å²) in [6, 6.07) is 0.408. The second-order valence-electron chi connectivity index (χ2n) is 5.84. The maximum absolute atomic E-state index is 12.1. The third-order valence-corrected chi connectivity index (χ3v) is 4.07. The van der Waals surface area contributed by atoms with E-state index in [2.05, 4.69) is 11.9 Å². The minimum atomic E-state index is -0.732. The van der Waals surface area contributed by atoms with Gasteiger partial charge in [-0.15, -0.1) is 0 Å². The predicted octanol–water partition coefficient (Wildman–Crippen LogP) is 1.99. The third-order valence-electron chi connectivity index (χ3n) is 4.07. The lowest BCUT2D eigenvalue weighted by Gasteiger charge is -2.38. The van der Waals surface area contributed by atoms with Crippen molar-refractivity contribution in [3.63, 3.8) is 0 Å². The molecule has 2 heterocycles. The van der Waals surface area contributed by atoms with Crippen LogP contribution in [-0.2, 0) is 4.79 Å². The van der Waals surface area contributed by atoms with E-state index in [4.69, 9.17) is 5.11 Å². The summed E-state index contributed by atoms with van der Waals surface area (Å²) >= 11 is 0. The van der Waals surface area contributed by atoms with Crippen LogP contribution in [0.25, 0.3) is 0 Å². The molecule has 0 aromatic heterocycles. The van der Waals surface area contributed by atoms with E-state index in [1.807, 2.05) is 11.8 Å². The van der Waals surface area contributed by atoms with Crippen molar-refractivity contribution in [3.05, 3.63) is 12.2 Å². The molecular weight excluding hydrogens is 244 g/mol. The van der Waals surface area contributed by atoms with Crippen LogP contribution in [0.2, 0.25) is 0 Å². The number of carbonyl (C=O) groups excluding carboxylic acids is 1. The molecule has 0 aromatic rings. The average Bonchev–Trinajstić information content (AvgIpc) is 2.57. The van der Waals surface area contributed by atoms with Crippen molar-refractivity contribution in [2.45, 2.75) is 51.1 Å². The van der Waals surface area contributed by atoms with Crippen molar-refractivity contribution in [1.29, 1.82) is 0 Å². The number of urea groups is 1. The van der Waals surface area contributed by atoms with Crippen molar-refractivity contribution >= 4 is 12.0 Å². The molecular formula is C14H22N2O3. The van der Waals surface area contributed by atoms with Crippen LogP contribution in [0.3, 0.4) is 0 Å². The minimum Gasteiger partial charge on any atom is -0.481 e. The SMILES string of the molecule is C=C(C)CNC(=O)N1C2CCC1CC(CC(=O)O)C2. The van der Waals surface area contributed by atoms with Crippen molar-refractivity contribution < 1.29 is 14.7 Å². The van der Waals surface area contributed by atoms with E-state index < -0.39 is 5.97 Å². The number of rotatable bonds is 4. The standard InChI is InChI=1S/C14H22N2O3/c1-9(2)8-15-14(19)16-11-3-4-12(16)6-10(5-11)7-13(17)18/h10-12H,1,3-8H2,2H3,(H,15,19)(H,17,18). The highest BCUT2D eigenvalue weighted by Crippen LogP contribution is 2.39. The first-order chi connectivity index (χ1) is 8.97. The smallest absolute Gasteiger partial charge is 0.318 e. The van der Waals surface area contributed by atoms with Gasteiger partial charge in [-0.3, -0.25) is 4.79 Å². The van der Waals surface area contributed by atoms with Gasteiger partial charge in [-0.1, -0.05) is 12.2 Å². The summed E-state index contributed by atoms with van der Waals surface area (Å²) < 4.78 is 0. The van der Waals surface area contributed by atoms with Gasteiger partial charge in [-0.25, -0.2) is 4.79 Å².